The van der Waals surface area contributed by atoms with Crippen LogP contribution in [0, 0.1) is 0 Å². The number of pyridine rings is 1. The molecule has 0 unspecified atom stereocenters. The van der Waals surface area contributed by atoms with Crippen molar-refractivity contribution in [2.75, 3.05) is 12.4 Å². The van der Waals surface area contributed by atoms with E-state index in [1.54, 1.807) is 5.32 Å². The maximum absolute atomic E-state index is 12.1. The summed E-state index contributed by atoms with van der Waals surface area (Å²) in [7, 11) is 1.11. The molecule has 1 heterocycles. The third-order valence-electron chi connectivity index (χ3n) is 1.77. The van der Waals surface area contributed by atoms with Gasteiger partial charge in [-0.25, -0.2) is 9.78 Å². The number of halogens is 4. The number of carbonyl (C=O) groups excluding carboxylic acids is 2. The van der Waals surface area contributed by atoms with E-state index in [1.165, 1.54) is 0 Å². The third kappa shape index (κ3) is 3.42. The van der Waals surface area contributed by atoms with Gasteiger partial charge in [0.25, 0.3) is 0 Å². The van der Waals surface area contributed by atoms with Crippen LogP contribution in [0.1, 0.15) is 10.4 Å². The predicted octanol–water partition coefficient (Wildman–Crippen LogP) is 2.13. The van der Waals surface area contributed by atoms with Crippen molar-refractivity contribution in [3.05, 3.63) is 22.4 Å². The van der Waals surface area contributed by atoms with Crippen LogP contribution in [0.25, 0.3) is 0 Å². The monoisotopic (exact) mass is 326 g/mol. The second-order valence-electron chi connectivity index (χ2n) is 3.01. The lowest BCUT2D eigenvalue weighted by atomic mass is 10.2. The smallest absolute Gasteiger partial charge is 0.465 e. The molecule has 5 nitrogen and oxygen atoms in total. The lowest BCUT2D eigenvalue weighted by molar-refractivity contribution is -0.167. The van der Waals surface area contributed by atoms with Gasteiger partial charge in [0.1, 0.15) is 4.60 Å². The van der Waals surface area contributed by atoms with Crippen molar-refractivity contribution in [3.8, 4) is 0 Å². The fraction of sp³-hybridized carbons (Fsp3) is 0.222. The van der Waals surface area contributed by atoms with E-state index in [0.717, 1.165) is 19.4 Å². The van der Waals surface area contributed by atoms with Gasteiger partial charge in [-0.05, 0) is 22.0 Å². The number of amides is 1. The number of hydrogen-bond acceptors (Lipinski definition) is 4. The number of aromatic nitrogens is 1. The van der Waals surface area contributed by atoms with Crippen LogP contribution in [0.4, 0.5) is 18.9 Å². The molecular formula is C9H6BrF3N2O3. The van der Waals surface area contributed by atoms with Gasteiger partial charge >= 0.3 is 18.1 Å². The fourth-order valence-electron chi connectivity index (χ4n) is 0.958. The average Bonchev–Trinajstić information content (AvgIpc) is 2.29. The van der Waals surface area contributed by atoms with Crippen LogP contribution in [-0.2, 0) is 9.53 Å². The molecule has 0 radical (unpaired) electrons. The number of nitrogens with one attached hydrogen (secondary N) is 1. The minimum Gasteiger partial charge on any atom is -0.465 e. The standard InChI is InChI=1S/C9H6BrF3N2O3/c1-18-7(16)4-2-5(6(10)14-3-4)15-8(17)9(11,12)13/h2-3H,1H3,(H,15,17). The van der Waals surface area contributed by atoms with Gasteiger partial charge in [-0.3, -0.25) is 4.79 Å². The normalized spacial score (nSPS) is 10.9. The van der Waals surface area contributed by atoms with Crippen molar-refractivity contribution in [3.63, 3.8) is 0 Å². The number of hydrogen-bond donors (Lipinski definition) is 1. The molecule has 9 heteroatoms. The van der Waals surface area contributed by atoms with Crippen LogP contribution in [0.15, 0.2) is 16.9 Å². The molecule has 0 aliphatic carbocycles. The SMILES string of the molecule is COC(=O)c1cnc(Br)c(NC(=O)C(F)(F)F)c1. The number of carbonyl (C=O) groups is 2. The quantitative estimate of drug-likeness (QED) is 0.667. The third-order valence-corrected chi connectivity index (χ3v) is 2.40. The van der Waals surface area contributed by atoms with Crippen molar-refractivity contribution in [1.82, 2.24) is 4.98 Å². The molecule has 1 aromatic heterocycles. The van der Waals surface area contributed by atoms with E-state index in [2.05, 4.69) is 25.7 Å². The van der Waals surface area contributed by atoms with Crippen molar-refractivity contribution in [1.29, 1.82) is 0 Å². The summed E-state index contributed by atoms with van der Waals surface area (Å²) in [5, 5.41) is 1.59. The Hall–Kier alpha value is -1.64. The Morgan fingerprint density at radius 3 is 2.56 bits per heavy atom. The minimum absolute atomic E-state index is 0.0345. The Labute approximate surface area is 107 Å². The lowest BCUT2D eigenvalue weighted by Gasteiger charge is -2.09. The largest absolute Gasteiger partial charge is 0.471 e. The number of anilines is 1. The molecule has 0 fully saturated rings. The van der Waals surface area contributed by atoms with Gasteiger partial charge in [0.15, 0.2) is 0 Å². The van der Waals surface area contributed by atoms with Crippen LogP contribution in [0.3, 0.4) is 0 Å². The number of ether oxygens (including phenoxy) is 1. The summed E-state index contributed by atoms with van der Waals surface area (Å²) in [5.74, 6) is -2.94. The molecule has 0 spiro atoms. The van der Waals surface area contributed by atoms with Crippen LogP contribution in [0.2, 0.25) is 0 Å². The lowest BCUT2D eigenvalue weighted by Crippen LogP contribution is -2.30. The van der Waals surface area contributed by atoms with Gasteiger partial charge in [-0.15, -0.1) is 0 Å². The maximum atomic E-state index is 12.1. The molecule has 0 saturated carbocycles. The van der Waals surface area contributed by atoms with Crippen molar-refractivity contribution in [2.24, 2.45) is 0 Å². The molecule has 0 saturated heterocycles. The molecule has 0 aliphatic heterocycles. The number of methoxy groups -OCH3 is 1. The Bertz CT molecular complexity index is 490. The van der Waals surface area contributed by atoms with Crippen LogP contribution >= 0.6 is 15.9 Å². The highest BCUT2D eigenvalue weighted by Gasteiger charge is 2.39. The molecule has 0 atom stereocenters. The Morgan fingerprint density at radius 1 is 1.44 bits per heavy atom. The van der Waals surface area contributed by atoms with E-state index in [9.17, 15) is 22.8 Å². The van der Waals surface area contributed by atoms with E-state index < -0.39 is 18.1 Å². The zero-order valence-corrected chi connectivity index (χ0v) is 10.4. The Morgan fingerprint density at radius 2 is 2.06 bits per heavy atom. The molecule has 0 bridgehead atoms. The molecule has 1 N–H and O–H groups in total. The molecule has 98 valence electrons. The number of rotatable bonds is 2. The minimum atomic E-state index is -5.03. The molecule has 0 aliphatic rings. The number of esters is 1. The van der Waals surface area contributed by atoms with Crippen LogP contribution in [-0.4, -0.2) is 30.1 Å². The highest BCUT2D eigenvalue weighted by atomic mass is 79.9. The van der Waals surface area contributed by atoms with E-state index in [-0.39, 0.29) is 15.9 Å². The highest BCUT2D eigenvalue weighted by Crippen LogP contribution is 2.24. The Kier molecular flexibility index (Phi) is 4.28. The summed E-state index contributed by atoms with van der Waals surface area (Å²) < 4.78 is 40.5. The summed E-state index contributed by atoms with van der Waals surface area (Å²) in [6.07, 6.45) is -3.93. The first-order valence-corrected chi connectivity index (χ1v) is 5.17. The topological polar surface area (TPSA) is 68.3 Å². The van der Waals surface area contributed by atoms with Gasteiger partial charge < -0.3 is 10.1 Å². The summed E-state index contributed by atoms with van der Waals surface area (Å²) in [6, 6.07) is 1.02. The van der Waals surface area contributed by atoms with Crippen molar-refractivity contribution < 1.29 is 27.5 Å². The van der Waals surface area contributed by atoms with Gasteiger partial charge in [-0.1, -0.05) is 0 Å². The van der Waals surface area contributed by atoms with Gasteiger partial charge in [0.2, 0.25) is 0 Å². The average molecular weight is 327 g/mol. The molecule has 0 aromatic carbocycles. The van der Waals surface area contributed by atoms with E-state index in [4.69, 9.17) is 0 Å². The van der Waals surface area contributed by atoms with Crippen LogP contribution in [0.5, 0.6) is 0 Å². The van der Waals surface area contributed by atoms with Crippen LogP contribution < -0.4 is 5.32 Å². The molecule has 1 amide bonds. The van der Waals surface area contributed by atoms with E-state index in [0.29, 0.717) is 0 Å². The van der Waals surface area contributed by atoms with Crippen molar-refractivity contribution in [2.45, 2.75) is 6.18 Å². The first kappa shape index (κ1) is 14.4. The van der Waals surface area contributed by atoms with E-state index in [1.807, 2.05) is 0 Å². The number of nitrogens with zero attached hydrogens (tertiary/aromatic N) is 1. The molecular weight excluding hydrogens is 321 g/mol. The van der Waals surface area contributed by atoms with Crippen molar-refractivity contribution >= 4 is 33.5 Å². The predicted molar refractivity (Wildman–Crippen MR) is 58.0 cm³/mol. The molecule has 1 aromatic rings. The molecule has 18 heavy (non-hydrogen) atoms. The molecule has 1 rings (SSSR count). The first-order chi connectivity index (χ1) is 8.25. The summed E-state index contributed by atoms with van der Waals surface area (Å²) >= 11 is 2.85. The fourth-order valence-corrected chi connectivity index (χ4v) is 1.27. The summed E-state index contributed by atoms with van der Waals surface area (Å²) in [4.78, 5) is 25.5. The second-order valence-corrected chi connectivity index (χ2v) is 3.76. The van der Waals surface area contributed by atoms with Gasteiger partial charge in [0.05, 0.1) is 18.4 Å². The zero-order chi connectivity index (χ0) is 13.9. The number of alkyl halides is 3. The van der Waals surface area contributed by atoms with E-state index >= 15 is 0 Å². The summed E-state index contributed by atoms with van der Waals surface area (Å²) in [5.41, 5.74) is -0.363. The summed E-state index contributed by atoms with van der Waals surface area (Å²) in [6.45, 7) is 0. The van der Waals surface area contributed by atoms with Gasteiger partial charge in [0, 0.05) is 6.20 Å². The Balaban J connectivity index is 3.02. The second kappa shape index (κ2) is 5.34. The first-order valence-electron chi connectivity index (χ1n) is 4.37. The zero-order valence-electron chi connectivity index (χ0n) is 8.84. The van der Waals surface area contributed by atoms with Gasteiger partial charge in [-0.2, -0.15) is 13.2 Å². The highest BCUT2D eigenvalue weighted by molar-refractivity contribution is 9.10. The maximum Gasteiger partial charge on any atom is 0.471 e.